The number of hydrogen-bond donors (Lipinski definition) is 2. The van der Waals surface area contributed by atoms with Gasteiger partial charge in [0.15, 0.2) is 5.96 Å². The number of aromatic nitrogens is 3. The third-order valence-electron chi connectivity index (χ3n) is 3.17. The molecule has 0 unspecified atom stereocenters. The van der Waals surface area contributed by atoms with Gasteiger partial charge in [-0.1, -0.05) is 6.92 Å². The second-order valence-electron chi connectivity index (χ2n) is 5.38. The highest BCUT2D eigenvalue weighted by molar-refractivity contribution is 14.0. The van der Waals surface area contributed by atoms with Crippen molar-refractivity contribution in [3.05, 3.63) is 12.2 Å². The number of nitrogens with zero attached hydrogens (tertiary/aromatic N) is 4. The van der Waals surface area contributed by atoms with E-state index in [9.17, 15) is 0 Å². The topological polar surface area (TPSA) is 76.4 Å². The lowest BCUT2D eigenvalue weighted by Crippen LogP contribution is -2.40. The van der Waals surface area contributed by atoms with Gasteiger partial charge < -0.3 is 19.9 Å². The number of aryl methyl sites for hydroxylation is 1. The Labute approximate surface area is 150 Å². The summed E-state index contributed by atoms with van der Waals surface area (Å²) in [6.07, 6.45) is 2.65. The smallest absolute Gasteiger partial charge is 0.191 e. The summed E-state index contributed by atoms with van der Waals surface area (Å²) < 4.78 is 7.43. The van der Waals surface area contributed by atoms with Crippen molar-refractivity contribution in [2.75, 3.05) is 26.7 Å². The lowest BCUT2D eigenvalue weighted by Gasteiger charge is -2.21. The van der Waals surface area contributed by atoms with Crippen molar-refractivity contribution in [3.8, 4) is 0 Å². The standard InChI is InChI=1S/C14H28N6O.HI/c1-6-12-19-18-11-20(12)9-8-16-13(15-7-2)17-10-14(3,4)21-5;/h11H,6-10H2,1-5H3,(H2,15,16,17);1H. The van der Waals surface area contributed by atoms with Gasteiger partial charge in [-0.2, -0.15) is 0 Å². The van der Waals surface area contributed by atoms with Crippen LogP contribution >= 0.6 is 24.0 Å². The molecule has 2 N–H and O–H groups in total. The number of ether oxygens (including phenoxy) is 1. The van der Waals surface area contributed by atoms with E-state index in [1.807, 2.05) is 20.8 Å². The molecule has 0 atom stereocenters. The van der Waals surface area contributed by atoms with Crippen LogP contribution in [0, 0.1) is 0 Å². The molecule has 0 spiro atoms. The van der Waals surface area contributed by atoms with Gasteiger partial charge in [0.1, 0.15) is 12.2 Å². The van der Waals surface area contributed by atoms with E-state index in [0.717, 1.165) is 37.8 Å². The largest absolute Gasteiger partial charge is 0.377 e. The van der Waals surface area contributed by atoms with Crippen LogP contribution in [0.15, 0.2) is 11.3 Å². The zero-order valence-electron chi connectivity index (χ0n) is 14.2. The first kappa shape index (κ1) is 21.1. The molecule has 22 heavy (non-hydrogen) atoms. The highest BCUT2D eigenvalue weighted by atomic mass is 127. The first-order chi connectivity index (χ1) is 10.0. The molecule has 0 bridgehead atoms. The molecule has 0 fully saturated rings. The van der Waals surface area contributed by atoms with Gasteiger partial charge in [0.25, 0.3) is 0 Å². The molecule has 0 aliphatic carbocycles. The normalized spacial score (nSPS) is 12.0. The number of guanidine groups is 1. The average molecular weight is 424 g/mol. The van der Waals surface area contributed by atoms with E-state index in [1.165, 1.54) is 0 Å². The molecule has 1 aromatic heterocycles. The number of methoxy groups -OCH3 is 1. The van der Waals surface area contributed by atoms with Gasteiger partial charge in [0, 0.05) is 33.2 Å². The van der Waals surface area contributed by atoms with Crippen LogP contribution in [0.1, 0.15) is 33.5 Å². The van der Waals surface area contributed by atoms with Crippen LogP contribution in [-0.4, -0.2) is 53.1 Å². The maximum absolute atomic E-state index is 5.38. The Balaban J connectivity index is 0.00000441. The Morgan fingerprint density at radius 2 is 2.09 bits per heavy atom. The molecule has 128 valence electrons. The molecule has 0 radical (unpaired) electrons. The van der Waals surface area contributed by atoms with Crippen LogP contribution in [0.5, 0.6) is 0 Å². The first-order valence-corrected chi connectivity index (χ1v) is 7.46. The monoisotopic (exact) mass is 424 g/mol. The minimum Gasteiger partial charge on any atom is -0.377 e. The number of rotatable bonds is 8. The highest BCUT2D eigenvalue weighted by Crippen LogP contribution is 2.06. The third kappa shape index (κ3) is 7.39. The summed E-state index contributed by atoms with van der Waals surface area (Å²) in [5.41, 5.74) is -0.258. The molecule has 1 heterocycles. The fraction of sp³-hybridized carbons (Fsp3) is 0.786. The molecule has 1 aromatic rings. The van der Waals surface area contributed by atoms with E-state index in [2.05, 4.69) is 37.3 Å². The molecular formula is C14H29IN6O. The first-order valence-electron chi connectivity index (χ1n) is 7.46. The molecule has 7 nitrogen and oxygen atoms in total. The van der Waals surface area contributed by atoms with Crippen molar-refractivity contribution in [1.29, 1.82) is 0 Å². The summed E-state index contributed by atoms with van der Waals surface area (Å²) in [5, 5.41) is 14.5. The summed E-state index contributed by atoms with van der Waals surface area (Å²) in [4.78, 5) is 4.55. The molecule has 8 heteroatoms. The summed E-state index contributed by atoms with van der Waals surface area (Å²) in [5.74, 6) is 1.80. The van der Waals surface area contributed by atoms with Crippen LogP contribution in [0.25, 0.3) is 0 Å². The lowest BCUT2D eigenvalue weighted by molar-refractivity contribution is 0.0310. The Morgan fingerprint density at radius 3 is 2.68 bits per heavy atom. The molecule has 0 saturated carbocycles. The van der Waals surface area contributed by atoms with Gasteiger partial charge >= 0.3 is 0 Å². The number of nitrogens with one attached hydrogen (secondary N) is 2. The second kappa shape index (κ2) is 10.8. The summed E-state index contributed by atoms with van der Waals surface area (Å²) in [7, 11) is 1.70. The molecule has 0 aliphatic rings. The van der Waals surface area contributed by atoms with Crippen molar-refractivity contribution in [2.45, 2.75) is 46.3 Å². The third-order valence-corrected chi connectivity index (χ3v) is 3.17. The van der Waals surface area contributed by atoms with E-state index in [1.54, 1.807) is 13.4 Å². The van der Waals surface area contributed by atoms with E-state index in [0.29, 0.717) is 6.54 Å². The average Bonchev–Trinajstić information content (AvgIpc) is 2.92. The van der Waals surface area contributed by atoms with Crippen molar-refractivity contribution in [3.63, 3.8) is 0 Å². The Bertz CT molecular complexity index is 446. The van der Waals surface area contributed by atoms with Crippen LogP contribution < -0.4 is 10.6 Å². The van der Waals surface area contributed by atoms with Crippen molar-refractivity contribution in [2.24, 2.45) is 4.99 Å². The highest BCUT2D eigenvalue weighted by Gasteiger charge is 2.15. The zero-order chi connectivity index (χ0) is 15.7. The predicted octanol–water partition coefficient (Wildman–Crippen LogP) is 1.44. The summed E-state index contributed by atoms with van der Waals surface area (Å²) >= 11 is 0. The molecule has 1 rings (SSSR count). The Hall–Kier alpha value is -0.900. The van der Waals surface area contributed by atoms with Gasteiger partial charge in [-0.3, -0.25) is 4.99 Å². The quantitative estimate of drug-likeness (QED) is 0.375. The minimum atomic E-state index is -0.258. The predicted molar refractivity (Wildman–Crippen MR) is 99.9 cm³/mol. The number of hydrogen-bond acceptors (Lipinski definition) is 4. The maximum Gasteiger partial charge on any atom is 0.191 e. The molecule has 0 amide bonds. The van der Waals surface area contributed by atoms with Crippen LogP contribution in [0.2, 0.25) is 0 Å². The maximum atomic E-state index is 5.38. The van der Waals surface area contributed by atoms with Crippen LogP contribution in [0.4, 0.5) is 0 Å². The van der Waals surface area contributed by atoms with Crippen molar-refractivity contribution >= 4 is 29.9 Å². The molecule has 0 aromatic carbocycles. The molecule has 0 saturated heterocycles. The lowest BCUT2D eigenvalue weighted by atomic mass is 10.1. The molecular weight excluding hydrogens is 395 g/mol. The van der Waals surface area contributed by atoms with E-state index < -0.39 is 0 Å². The number of aliphatic imine (C=N–C) groups is 1. The number of halogens is 1. The SMILES string of the molecule is CCNC(=NCC(C)(C)OC)NCCn1cnnc1CC.I. The van der Waals surface area contributed by atoms with Gasteiger partial charge in [-0.05, 0) is 20.8 Å². The van der Waals surface area contributed by atoms with Gasteiger partial charge in [-0.15, -0.1) is 34.2 Å². The van der Waals surface area contributed by atoms with E-state index >= 15 is 0 Å². The van der Waals surface area contributed by atoms with E-state index in [-0.39, 0.29) is 29.6 Å². The van der Waals surface area contributed by atoms with Crippen LogP contribution in [0.3, 0.4) is 0 Å². The fourth-order valence-corrected chi connectivity index (χ4v) is 1.71. The van der Waals surface area contributed by atoms with Crippen molar-refractivity contribution < 1.29 is 4.74 Å². The summed E-state index contributed by atoms with van der Waals surface area (Å²) in [6, 6.07) is 0. The Morgan fingerprint density at radius 1 is 1.36 bits per heavy atom. The van der Waals surface area contributed by atoms with E-state index in [4.69, 9.17) is 4.74 Å². The molecule has 0 aliphatic heterocycles. The Kier molecular flexibility index (Phi) is 10.3. The van der Waals surface area contributed by atoms with Crippen molar-refractivity contribution in [1.82, 2.24) is 25.4 Å². The zero-order valence-corrected chi connectivity index (χ0v) is 16.5. The second-order valence-corrected chi connectivity index (χ2v) is 5.38. The van der Waals surface area contributed by atoms with Gasteiger partial charge in [0.05, 0.1) is 12.1 Å². The van der Waals surface area contributed by atoms with Crippen LogP contribution in [-0.2, 0) is 17.7 Å². The minimum absolute atomic E-state index is 0. The fourth-order valence-electron chi connectivity index (χ4n) is 1.71. The van der Waals surface area contributed by atoms with Gasteiger partial charge in [0.2, 0.25) is 0 Å². The summed E-state index contributed by atoms with van der Waals surface area (Å²) in [6.45, 7) is 11.2. The van der Waals surface area contributed by atoms with Gasteiger partial charge in [-0.25, -0.2) is 0 Å².